The van der Waals surface area contributed by atoms with Crippen LogP contribution in [0.4, 0.5) is 0 Å². The fraction of sp³-hybridized carbons (Fsp3) is 0.824. The number of ether oxygens (including phenoxy) is 1. The zero-order chi connectivity index (χ0) is 17.9. The van der Waals surface area contributed by atoms with Gasteiger partial charge in [-0.15, -0.1) is 24.8 Å². The van der Waals surface area contributed by atoms with Crippen LogP contribution in [0.1, 0.15) is 44.4 Å². The van der Waals surface area contributed by atoms with Gasteiger partial charge < -0.3 is 19.9 Å². The molecule has 3 heterocycles. The summed E-state index contributed by atoms with van der Waals surface area (Å²) in [6, 6.07) is 0.0663. The Morgan fingerprint density at radius 2 is 1.85 bits per heavy atom. The van der Waals surface area contributed by atoms with Crippen molar-refractivity contribution >= 4 is 30.7 Å². The molecule has 1 amide bonds. The predicted octanol–water partition coefficient (Wildman–Crippen LogP) is 1.44. The fourth-order valence-corrected chi connectivity index (χ4v) is 3.65. The highest BCUT2D eigenvalue weighted by atomic mass is 35.5. The molecule has 1 atom stereocenters. The van der Waals surface area contributed by atoms with Gasteiger partial charge in [0.2, 0.25) is 11.8 Å². The minimum absolute atomic E-state index is 0. The van der Waals surface area contributed by atoms with E-state index in [0.29, 0.717) is 38.7 Å². The summed E-state index contributed by atoms with van der Waals surface area (Å²) < 4.78 is 10.8. The summed E-state index contributed by atoms with van der Waals surface area (Å²) in [5.74, 6) is 1.58. The van der Waals surface area contributed by atoms with Gasteiger partial charge in [0, 0.05) is 52.4 Å². The number of piperazine rings is 1. The Bertz CT molecular complexity index is 587. The molecule has 0 radical (unpaired) electrons. The normalized spacial score (nSPS) is 21.1. The third-order valence-electron chi connectivity index (χ3n) is 5.60. The lowest BCUT2D eigenvalue weighted by atomic mass is 9.78. The first kappa shape index (κ1) is 24.1. The van der Waals surface area contributed by atoms with Crippen molar-refractivity contribution in [3.05, 3.63) is 11.7 Å². The summed E-state index contributed by atoms with van der Waals surface area (Å²) in [5.41, 5.74) is 5.54. The average molecular weight is 424 g/mol. The van der Waals surface area contributed by atoms with E-state index in [0.717, 1.165) is 38.2 Å². The van der Waals surface area contributed by atoms with Crippen molar-refractivity contribution in [3.8, 4) is 0 Å². The number of nitrogens with zero attached hydrogens (tertiary/aromatic N) is 4. The van der Waals surface area contributed by atoms with Crippen molar-refractivity contribution < 1.29 is 14.1 Å². The molecule has 1 unspecified atom stereocenters. The first-order valence-electron chi connectivity index (χ1n) is 9.23. The first-order chi connectivity index (χ1) is 12.1. The molecule has 0 aromatic carbocycles. The quantitative estimate of drug-likeness (QED) is 0.764. The summed E-state index contributed by atoms with van der Waals surface area (Å²) in [6.45, 7) is 8.74. The van der Waals surface area contributed by atoms with Crippen LogP contribution in [-0.4, -0.2) is 71.8 Å². The van der Waals surface area contributed by atoms with E-state index in [1.165, 1.54) is 0 Å². The Morgan fingerprint density at radius 1 is 1.22 bits per heavy atom. The van der Waals surface area contributed by atoms with Crippen molar-refractivity contribution in [2.24, 2.45) is 11.1 Å². The Balaban J connectivity index is 0.00000182. The third-order valence-corrected chi connectivity index (χ3v) is 5.60. The number of aromatic nitrogens is 2. The van der Waals surface area contributed by atoms with Crippen molar-refractivity contribution in [2.45, 2.75) is 39.2 Å². The summed E-state index contributed by atoms with van der Waals surface area (Å²) in [7, 11) is 0. The van der Waals surface area contributed by atoms with Gasteiger partial charge in [0.1, 0.15) is 0 Å². The van der Waals surface area contributed by atoms with Gasteiger partial charge in [-0.25, -0.2) is 0 Å². The maximum atomic E-state index is 13.0. The van der Waals surface area contributed by atoms with Crippen LogP contribution in [0.5, 0.6) is 0 Å². The smallest absolute Gasteiger partial charge is 0.243 e. The van der Waals surface area contributed by atoms with Crippen molar-refractivity contribution in [2.75, 3.05) is 45.9 Å². The molecule has 8 nitrogen and oxygen atoms in total. The molecule has 27 heavy (non-hydrogen) atoms. The molecule has 2 aliphatic heterocycles. The van der Waals surface area contributed by atoms with Gasteiger partial charge in [0.05, 0.1) is 11.5 Å². The fourth-order valence-electron chi connectivity index (χ4n) is 3.65. The zero-order valence-electron chi connectivity index (χ0n) is 16.1. The largest absolute Gasteiger partial charge is 0.381 e. The van der Waals surface area contributed by atoms with Crippen molar-refractivity contribution in [1.82, 2.24) is 19.9 Å². The van der Waals surface area contributed by atoms with E-state index in [4.69, 9.17) is 15.0 Å². The molecule has 2 saturated heterocycles. The van der Waals surface area contributed by atoms with Crippen LogP contribution in [-0.2, 0) is 16.0 Å². The lowest BCUT2D eigenvalue weighted by Crippen LogP contribution is -2.56. The van der Waals surface area contributed by atoms with E-state index >= 15 is 0 Å². The number of carbonyl (C=O) groups is 1. The SMILES string of the molecule is CCc1noc(C(C)N2CCN(C(=O)C3(CN)CCOCC3)CC2)n1.Cl.Cl. The van der Waals surface area contributed by atoms with Gasteiger partial charge in [-0.05, 0) is 19.8 Å². The molecule has 0 bridgehead atoms. The number of aryl methyl sites for hydroxylation is 1. The van der Waals surface area contributed by atoms with Crippen LogP contribution < -0.4 is 5.73 Å². The lowest BCUT2D eigenvalue weighted by Gasteiger charge is -2.43. The molecular weight excluding hydrogens is 393 g/mol. The molecule has 2 fully saturated rings. The van der Waals surface area contributed by atoms with Crippen molar-refractivity contribution in [3.63, 3.8) is 0 Å². The summed E-state index contributed by atoms with van der Waals surface area (Å²) in [5, 5.41) is 3.97. The highest BCUT2D eigenvalue weighted by molar-refractivity contribution is 5.85. The topological polar surface area (TPSA) is 97.7 Å². The number of rotatable bonds is 5. The maximum absolute atomic E-state index is 13.0. The monoisotopic (exact) mass is 423 g/mol. The molecule has 1 aromatic rings. The van der Waals surface area contributed by atoms with Crippen LogP contribution >= 0.6 is 24.8 Å². The van der Waals surface area contributed by atoms with Crippen LogP contribution in [0.25, 0.3) is 0 Å². The Hall–Kier alpha value is -0.930. The first-order valence-corrected chi connectivity index (χ1v) is 9.23. The Morgan fingerprint density at radius 3 is 2.37 bits per heavy atom. The van der Waals surface area contributed by atoms with E-state index in [1.807, 2.05) is 11.8 Å². The molecule has 2 N–H and O–H groups in total. The van der Waals surface area contributed by atoms with Gasteiger partial charge in [0.25, 0.3) is 0 Å². The molecule has 0 aliphatic carbocycles. The Labute approximate surface area is 173 Å². The van der Waals surface area contributed by atoms with Gasteiger partial charge >= 0.3 is 0 Å². The number of hydrogen-bond acceptors (Lipinski definition) is 7. The maximum Gasteiger partial charge on any atom is 0.243 e. The van der Waals surface area contributed by atoms with E-state index in [9.17, 15) is 4.79 Å². The molecule has 2 aliphatic rings. The number of halogens is 2. The highest BCUT2D eigenvalue weighted by Crippen LogP contribution is 2.32. The van der Waals surface area contributed by atoms with E-state index in [1.54, 1.807) is 0 Å². The van der Waals surface area contributed by atoms with E-state index < -0.39 is 5.41 Å². The lowest BCUT2D eigenvalue weighted by molar-refractivity contribution is -0.149. The van der Waals surface area contributed by atoms with Gasteiger partial charge in [0.15, 0.2) is 5.82 Å². The molecular formula is C17H31Cl2N5O3. The van der Waals surface area contributed by atoms with Crippen LogP contribution in [0, 0.1) is 5.41 Å². The molecule has 10 heteroatoms. The second kappa shape index (κ2) is 10.6. The van der Waals surface area contributed by atoms with Crippen LogP contribution in [0.2, 0.25) is 0 Å². The molecule has 156 valence electrons. The van der Waals surface area contributed by atoms with Crippen molar-refractivity contribution in [1.29, 1.82) is 0 Å². The third kappa shape index (κ3) is 5.12. The predicted molar refractivity (Wildman–Crippen MR) is 106 cm³/mol. The van der Waals surface area contributed by atoms with Gasteiger partial charge in [-0.1, -0.05) is 12.1 Å². The summed E-state index contributed by atoms with van der Waals surface area (Å²) in [4.78, 5) is 21.7. The minimum atomic E-state index is -0.436. The minimum Gasteiger partial charge on any atom is -0.381 e. The number of amides is 1. The second-order valence-corrected chi connectivity index (χ2v) is 7.00. The van der Waals surface area contributed by atoms with E-state index in [2.05, 4.69) is 22.0 Å². The molecule has 0 saturated carbocycles. The number of hydrogen-bond donors (Lipinski definition) is 1. The molecule has 0 spiro atoms. The standard InChI is InChI=1S/C17H29N5O3.2ClH/c1-3-14-19-15(25-20-14)13(2)21-6-8-22(9-7-21)16(23)17(12-18)4-10-24-11-5-17;;/h13H,3-12,18H2,1-2H3;2*1H. The molecule has 1 aromatic heterocycles. The van der Waals surface area contributed by atoms with Crippen LogP contribution in [0.3, 0.4) is 0 Å². The van der Waals surface area contributed by atoms with E-state index in [-0.39, 0.29) is 36.8 Å². The average Bonchev–Trinajstić information content (AvgIpc) is 3.17. The van der Waals surface area contributed by atoms with Crippen LogP contribution in [0.15, 0.2) is 4.52 Å². The number of nitrogens with two attached hydrogens (primary N) is 1. The Kier molecular flexibility index (Phi) is 9.44. The summed E-state index contributed by atoms with van der Waals surface area (Å²) in [6.07, 6.45) is 2.21. The van der Waals surface area contributed by atoms with Gasteiger partial charge in [-0.3, -0.25) is 9.69 Å². The molecule has 3 rings (SSSR count). The highest BCUT2D eigenvalue weighted by Gasteiger charge is 2.42. The van der Waals surface area contributed by atoms with Gasteiger partial charge in [-0.2, -0.15) is 4.98 Å². The zero-order valence-corrected chi connectivity index (χ0v) is 17.7. The second-order valence-electron chi connectivity index (χ2n) is 7.00. The number of carbonyl (C=O) groups excluding carboxylic acids is 1. The summed E-state index contributed by atoms with van der Waals surface area (Å²) >= 11 is 0.